The van der Waals surface area contributed by atoms with Crippen LogP contribution in [0.5, 0.6) is 0 Å². The lowest BCUT2D eigenvalue weighted by Crippen LogP contribution is -2.10. The fraction of sp³-hybridized carbons (Fsp3) is 0.0833. The minimum absolute atomic E-state index is 0.0724. The average molecular weight is 244 g/mol. The Labute approximate surface area is 103 Å². The molecule has 0 aliphatic rings. The summed E-state index contributed by atoms with van der Waals surface area (Å²) in [5, 5.41) is 23.5. The number of anilines is 2. The molecular weight excluding hydrogens is 234 g/mol. The molecule has 0 unspecified atom stereocenters. The van der Waals surface area contributed by atoms with Crippen molar-refractivity contribution in [2.24, 2.45) is 0 Å². The average Bonchev–Trinajstić information content (AvgIpc) is 2.38. The molecular formula is C12H10N3O3-. The molecule has 6 heteroatoms. The first-order valence-corrected chi connectivity index (χ1v) is 5.22. The highest BCUT2D eigenvalue weighted by atomic mass is 16.6. The second kappa shape index (κ2) is 4.80. The van der Waals surface area contributed by atoms with Gasteiger partial charge in [-0.25, -0.2) is 0 Å². The molecule has 1 heterocycles. The minimum Gasteiger partial charge on any atom is -0.754 e. The summed E-state index contributed by atoms with van der Waals surface area (Å²) >= 11 is 0. The van der Waals surface area contributed by atoms with E-state index in [0.29, 0.717) is 10.8 Å². The first-order valence-electron chi connectivity index (χ1n) is 5.22. The zero-order valence-electron chi connectivity index (χ0n) is 9.61. The highest BCUT2D eigenvalue weighted by Crippen LogP contribution is 2.33. The summed E-state index contributed by atoms with van der Waals surface area (Å²) in [6.07, 6.45) is 2.48. The van der Waals surface area contributed by atoms with Crippen LogP contribution < -0.4 is 5.06 Å². The lowest BCUT2D eigenvalue weighted by atomic mass is 10.2. The maximum Gasteiger partial charge on any atom is 0.295 e. The lowest BCUT2D eigenvalue weighted by Gasteiger charge is -2.31. The number of pyridine rings is 1. The van der Waals surface area contributed by atoms with E-state index in [0.717, 1.165) is 5.56 Å². The quantitative estimate of drug-likeness (QED) is 0.612. The van der Waals surface area contributed by atoms with Gasteiger partial charge < -0.3 is 10.3 Å². The Morgan fingerprint density at radius 3 is 2.61 bits per heavy atom. The molecule has 0 fully saturated rings. The summed E-state index contributed by atoms with van der Waals surface area (Å²) in [6.45, 7) is 1.77. The molecule has 0 atom stereocenters. The lowest BCUT2D eigenvalue weighted by molar-refractivity contribution is -0.384. The van der Waals surface area contributed by atoms with Gasteiger partial charge in [-0.2, -0.15) is 0 Å². The third kappa shape index (κ3) is 2.14. The Morgan fingerprint density at radius 2 is 1.94 bits per heavy atom. The summed E-state index contributed by atoms with van der Waals surface area (Å²) in [7, 11) is 0. The number of para-hydroxylation sites is 1. The van der Waals surface area contributed by atoms with Gasteiger partial charge in [0, 0.05) is 18.0 Å². The van der Waals surface area contributed by atoms with Gasteiger partial charge in [0.05, 0.1) is 11.1 Å². The third-order valence-corrected chi connectivity index (χ3v) is 2.53. The van der Waals surface area contributed by atoms with Crippen LogP contribution in [0.25, 0.3) is 0 Å². The van der Waals surface area contributed by atoms with Gasteiger partial charge in [0.15, 0.2) is 0 Å². The van der Waals surface area contributed by atoms with Crippen LogP contribution in [0.2, 0.25) is 0 Å². The van der Waals surface area contributed by atoms with E-state index in [2.05, 4.69) is 4.98 Å². The molecule has 2 aromatic rings. The van der Waals surface area contributed by atoms with Crippen LogP contribution in [-0.2, 0) is 0 Å². The highest BCUT2D eigenvalue weighted by molar-refractivity contribution is 5.73. The molecule has 0 spiro atoms. The predicted molar refractivity (Wildman–Crippen MR) is 67.6 cm³/mol. The van der Waals surface area contributed by atoms with Crippen LogP contribution in [0.15, 0.2) is 42.7 Å². The molecule has 0 aliphatic carbocycles. The summed E-state index contributed by atoms with van der Waals surface area (Å²) in [5.74, 6) is 0. The molecule has 6 nitrogen and oxygen atoms in total. The van der Waals surface area contributed by atoms with Gasteiger partial charge in [-0.05, 0) is 18.6 Å². The monoisotopic (exact) mass is 244 g/mol. The second-order valence-corrected chi connectivity index (χ2v) is 3.70. The van der Waals surface area contributed by atoms with E-state index in [1.807, 2.05) is 0 Å². The molecule has 18 heavy (non-hydrogen) atoms. The van der Waals surface area contributed by atoms with E-state index in [9.17, 15) is 15.3 Å². The molecule has 0 amide bonds. The van der Waals surface area contributed by atoms with Gasteiger partial charge in [0.2, 0.25) is 0 Å². The Balaban J connectivity index is 2.50. The number of hydrogen-bond donors (Lipinski definition) is 0. The topological polar surface area (TPSA) is 82.3 Å². The van der Waals surface area contributed by atoms with Gasteiger partial charge in [-0.3, -0.25) is 15.1 Å². The van der Waals surface area contributed by atoms with Crippen molar-refractivity contribution in [1.82, 2.24) is 4.98 Å². The molecule has 0 saturated heterocycles. The molecule has 0 aliphatic heterocycles. The number of aryl methyl sites for hydroxylation is 1. The van der Waals surface area contributed by atoms with Crippen LogP contribution in [0.4, 0.5) is 17.1 Å². The van der Waals surface area contributed by atoms with Crippen molar-refractivity contribution in [3.63, 3.8) is 0 Å². The van der Waals surface area contributed by atoms with E-state index < -0.39 is 4.92 Å². The van der Waals surface area contributed by atoms with Crippen LogP contribution >= 0.6 is 0 Å². The number of benzene rings is 1. The standard InChI is InChI=1S/C12H10N3O3/c1-9-4-2-3-5-10(9)14(16)12-8-13-7-6-11(12)15(17)18/h2-8H,1H3/q-1. The van der Waals surface area contributed by atoms with Crippen molar-refractivity contribution >= 4 is 17.1 Å². The fourth-order valence-electron chi connectivity index (χ4n) is 1.61. The van der Waals surface area contributed by atoms with Crippen LogP contribution in [0.1, 0.15) is 5.56 Å². The number of nitro groups is 1. The van der Waals surface area contributed by atoms with E-state index in [-0.39, 0.29) is 11.4 Å². The van der Waals surface area contributed by atoms with Crippen molar-refractivity contribution in [2.45, 2.75) is 6.92 Å². The Bertz CT molecular complexity index is 586. The van der Waals surface area contributed by atoms with Gasteiger partial charge in [-0.1, -0.05) is 18.2 Å². The van der Waals surface area contributed by atoms with E-state index in [1.54, 1.807) is 31.2 Å². The summed E-state index contributed by atoms with van der Waals surface area (Å²) < 4.78 is 0. The fourth-order valence-corrected chi connectivity index (χ4v) is 1.61. The zero-order valence-corrected chi connectivity index (χ0v) is 9.61. The van der Waals surface area contributed by atoms with Crippen LogP contribution in [0.3, 0.4) is 0 Å². The molecule has 92 valence electrons. The normalized spacial score (nSPS) is 10.1. The highest BCUT2D eigenvalue weighted by Gasteiger charge is 2.15. The first-order chi connectivity index (χ1) is 8.61. The number of nitrogens with zero attached hydrogens (tertiary/aromatic N) is 3. The molecule has 0 saturated carbocycles. The smallest absolute Gasteiger partial charge is 0.295 e. The van der Waals surface area contributed by atoms with Crippen molar-refractivity contribution in [1.29, 1.82) is 0 Å². The van der Waals surface area contributed by atoms with Gasteiger partial charge in [0.25, 0.3) is 5.69 Å². The maximum atomic E-state index is 12.2. The predicted octanol–water partition coefficient (Wildman–Crippen LogP) is 2.93. The number of hydrogen-bond acceptors (Lipinski definition) is 5. The van der Waals surface area contributed by atoms with Crippen LogP contribution in [-0.4, -0.2) is 9.91 Å². The maximum absolute atomic E-state index is 12.2. The Kier molecular flexibility index (Phi) is 3.20. The van der Waals surface area contributed by atoms with Crippen molar-refractivity contribution in [2.75, 3.05) is 5.06 Å². The SMILES string of the molecule is Cc1ccccc1N([O-])c1cnccc1[N+](=O)[O-]. The molecule has 2 rings (SSSR count). The Hall–Kier alpha value is -2.47. The van der Waals surface area contributed by atoms with Crippen molar-refractivity contribution < 1.29 is 4.92 Å². The molecule has 0 N–H and O–H groups in total. The van der Waals surface area contributed by atoms with Crippen molar-refractivity contribution in [3.8, 4) is 0 Å². The molecule has 0 radical (unpaired) electrons. The van der Waals surface area contributed by atoms with Crippen molar-refractivity contribution in [3.05, 3.63) is 63.6 Å². The molecule has 1 aromatic heterocycles. The Morgan fingerprint density at radius 1 is 1.22 bits per heavy atom. The number of aromatic nitrogens is 1. The summed E-state index contributed by atoms with van der Waals surface area (Å²) in [6, 6.07) is 8.08. The number of rotatable bonds is 3. The molecule has 0 bridgehead atoms. The second-order valence-electron chi connectivity index (χ2n) is 3.70. The van der Waals surface area contributed by atoms with Crippen LogP contribution in [0, 0.1) is 22.2 Å². The molecule has 1 aromatic carbocycles. The first kappa shape index (κ1) is 12.0. The van der Waals surface area contributed by atoms with Gasteiger partial charge >= 0.3 is 0 Å². The zero-order chi connectivity index (χ0) is 13.1. The third-order valence-electron chi connectivity index (χ3n) is 2.53. The largest absolute Gasteiger partial charge is 0.754 e. The van der Waals surface area contributed by atoms with E-state index in [1.165, 1.54) is 18.5 Å². The minimum atomic E-state index is -0.597. The summed E-state index contributed by atoms with van der Waals surface area (Å²) in [4.78, 5) is 14.0. The summed E-state index contributed by atoms with van der Waals surface area (Å²) in [5.41, 5.74) is 0.777. The van der Waals surface area contributed by atoms with Gasteiger partial charge in [0.1, 0.15) is 5.69 Å². The van der Waals surface area contributed by atoms with E-state index in [4.69, 9.17) is 0 Å². The van der Waals surface area contributed by atoms with E-state index >= 15 is 0 Å². The van der Waals surface area contributed by atoms with Gasteiger partial charge in [-0.15, -0.1) is 0 Å².